The summed E-state index contributed by atoms with van der Waals surface area (Å²) >= 11 is 14.1. The summed E-state index contributed by atoms with van der Waals surface area (Å²) in [4.78, 5) is 0.896. The molecule has 0 aliphatic rings. The summed E-state index contributed by atoms with van der Waals surface area (Å²) in [6.45, 7) is 0. The van der Waals surface area contributed by atoms with Crippen LogP contribution >= 0.6 is 34.5 Å². The number of thiophene rings is 1. The number of nitrogens with one attached hydrogen (secondary N) is 1. The maximum absolute atomic E-state index is 6.29. The number of rotatable bonds is 3. The van der Waals surface area contributed by atoms with E-state index in [9.17, 15) is 0 Å². The number of hydrogen-bond acceptors (Lipinski definition) is 4. The minimum Gasteiger partial charge on any atom is -0.495 e. The summed E-state index contributed by atoms with van der Waals surface area (Å²) in [6.07, 6.45) is 0. The van der Waals surface area contributed by atoms with Crippen molar-refractivity contribution in [2.75, 3.05) is 12.8 Å². The number of ether oxygens (including phenoxy) is 1. The van der Waals surface area contributed by atoms with Crippen LogP contribution in [0.15, 0.2) is 29.6 Å². The Morgan fingerprint density at radius 3 is 2.57 bits per heavy atom. The maximum atomic E-state index is 6.29. The van der Waals surface area contributed by atoms with Gasteiger partial charge in [-0.1, -0.05) is 29.3 Å². The lowest BCUT2D eigenvalue weighted by atomic mass is 10.0. The lowest BCUT2D eigenvalue weighted by Gasteiger charge is -2.09. The van der Waals surface area contributed by atoms with Gasteiger partial charge in [0.15, 0.2) is 5.82 Å². The minimum atomic E-state index is 0.343. The smallest absolute Gasteiger partial charge is 0.153 e. The lowest BCUT2D eigenvalue weighted by molar-refractivity contribution is 0.418. The zero-order chi connectivity index (χ0) is 15.0. The molecule has 0 saturated carbocycles. The third-order valence-corrected chi connectivity index (χ3v) is 4.63. The molecule has 0 unspecified atom stereocenters. The van der Waals surface area contributed by atoms with Crippen molar-refractivity contribution in [3.8, 4) is 27.4 Å². The Morgan fingerprint density at radius 1 is 1.19 bits per heavy atom. The van der Waals surface area contributed by atoms with Crippen molar-refractivity contribution in [3.05, 3.63) is 39.7 Å². The Labute approximate surface area is 135 Å². The largest absolute Gasteiger partial charge is 0.495 e. The van der Waals surface area contributed by atoms with E-state index in [1.807, 2.05) is 11.4 Å². The number of halogens is 2. The van der Waals surface area contributed by atoms with Crippen molar-refractivity contribution in [1.82, 2.24) is 10.2 Å². The quantitative estimate of drug-likeness (QED) is 0.726. The van der Waals surface area contributed by atoms with E-state index in [2.05, 4.69) is 10.2 Å². The highest BCUT2D eigenvalue weighted by Gasteiger charge is 2.22. The molecule has 108 valence electrons. The molecule has 7 heteroatoms. The van der Waals surface area contributed by atoms with Crippen LogP contribution in [0.2, 0.25) is 10.0 Å². The van der Waals surface area contributed by atoms with Gasteiger partial charge in [0.2, 0.25) is 0 Å². The topological polar surface area (TPSA) is 63.9 Å². The first kappa shape index (κ1) is 14.3. The van der Waals surface area contributed by atoms with Crippen LogP contribution in [0.5, 0.6) is 5.75 Å². The van der Waals surface area contributed by atoms with E-state index in [4.69, 9.17) is 33.7 Å². The second-order valence-electron chi connectivity index (χ2n) is 4.27. The molecule has 0 amide bonds. The van der Waals surface area contributed by atoms with E-state index in [0.29, 0.717) is 27.0 Å². The minimum absolute atomic E-state index is 0.343. The molecule has 0 radical (unpaired) electrons. The van der Waals surface area contributed by atoms with Gasteiger partial charge < -0.3 is 10.5 Å². The van der Waals surface area contributed by atoms with Crippen LogP contribution < -0.4 is 10.5 Å². The molecule has 3 rings (SSSR count). The van der Waals surface area contributed by atoms with E-state index in [-0.39, 0.29) is 0 Å². The Hall–Kier alpha value is -1.69. The van der Waals surface area contributed by atoms with Gasteiger partial charge in [0.1, 0.15) is 5.75 Å². The average molecular weight is 340 g/mol. The monoisotopic (exact) mass is 339 g/mol. The normalized spacial score (nSPS) is 10.8. The number of nitrogens with zero attached hydrogens (tertiary/aromatic N) is 1. The number of nitrogen functional groups attached to an aromatic ring is 1. The molecule has 3 N–H and O–H groups in total. The van der Waals surface area contributed by atoms with Gasteiger partial charge in [0.25, 0.3) is 0 Å². The van der Waals surface area contributed by atoms with Crippen molar-refractivity contribution in [2.24, 2.45) is 0 Å². The third kappa shape index (κ3) is 2.37. The highest BCUT2D eigenvalue weighted by atomic mass is 35.5. The van der Waals surface area contributed by atoms with Gasteiger partial charge in [-0.2, -0.15) is 5.10 Å². The van der Waals surface area contributed by atoms with Gasteiger partial charge in [0, 0.05) is 5.56 Å². The van der Waals surface area contributed by atoms with E-state index >= 15 is 0 Å². The van der Waals surface area contributed by atoms with Crippen LogP contribution in [0.4, 0.5) is 5.82 Å². The number of methoxy groups -OCH3 is 1. The van der Waals surface area contributed by atoms with Gasteiger partial charge in [-0.3, -0.25) is 5.10 Å². The molecule has 3 aromatic rings. The molecule has 1 aromatic carbocycles. The molecular formula is C14H11Cl2N3OS. The number of aromatic amines is 1. The van der Waals surface area contributed by atoms with Crippen molar-refractivity contribution in [2.45, 2.75) is 0 Å². The second kappa shape index (κ2) is 5.60. The molecule has 0 spiro atoms. The first-order chi connectivity index (χ1) is 10.1. The molecule has 2 heterocycles. The van der Waals surface area contributed by atoms with E-state index < -0.39 is 0 Å². The number of benzene rings is 1. The second-order valence-corrected chi connectivity index (χ2v) is 6.00. The summed E-state index contributed by atoms with van der Waals surface area (Å²) in [7, 11) is 1.62. The van der Waals surface area contributed by atoms with Crippen LogP contribution in [0.25, 0.3) is 21.7 Å². The highest BCUT2D eigenvalue weighted by Crippen LogP contribution is 2.45. The standard InChI is InChI=1S/C14H11Cl2N3OS/c1-20-9-5-6-21-13(9)12-11(14(17)19-18-12)10-7(15)3-2-4-8(10)16/h2-6H,1H3,(H3,17,18,19). The van der Waals surface area contributed by atoms with Gasteiger partial charge in [-0.05, 0) is 23.6 Å². The maximum Gasteiger partial charge on any atom is 0.153 e. The molecule has 0 aliphatic carbocycles. The fourth-order valence-electron chi connectivity index (χ4n) is 2.15. The summed E-state index contributed by atoms with van der Waals surface area (Å²) in [6, 6.07) is 7.21. The Morgan fingerprint density at radius 2 is 1.90 bits per heavy atom. The van der Waals surface area contributed by atoms with Gasteiger partial charge in [0.05, 0.1) is 33.3 Å². The zero-order valence-corrected chi connectivity index (χ0v) is 13.3. The fourth-order valence-corrected chi connectivity index (χ4v) is 3.60. The molecule has 4 nitrogen and oxygen atoms in total. The van der Waals surface area contributed by atoms with Crippen LogP contribution in [-0.2, 0) is 0 Å². The zero-order valence-electron chi connectivity index (χ0n) is 11.0. The molecule has 0 aliphatic heterocycles. The fraction of sp³-hybridized carbons (Fsp3) is 0.0714. The van der Waals surface area contributed by atoms with Crippen molar-refractivity contribution in [3.63, 3.8) is 0 Å². The first-order valence-electron chi connectivity index (χ1n) is 6.03. The molecule has 21 heavy (non-hydrogen) atoms. The van der Waals surface area contributed by atoms with E-state index in [0.717, 1.165) is 16.3 Å². The van der Waals surface area contributed by atoms with Crippen molar-refractivity contribution < 1.29 is 4.74 Å². The molecule has 0 saturated heterocycles. The Bertz CT molecular complexity index is 777. The number of nitrogens with two attached hydrogens (primary N) is 1. The van der Waals surface area contributed by atoms with Gasteiger partial charge in [-0.25, -0.2) is 0 Å². The van der Waals surface area contributed by atoms with E-state index in [1.165, 1.54) is 11.3 Å². The molecular weight excluding hydrogens is 329 g/mol. The SMILES string of the molecule is COc1ccsc1-c1[nH]nc(N)c1-c1c(Cl)cccc1Cl. The summed E-state index contributed by atoms with van der Waals surface area (Å²) in [5.41, 5.74) is 8.11. The number of aromatic nitrogens is 2. The van der Waals surface area contributed by atoms with Crippen molar-refractivity contribution in [1.29, 1.82) is 0 Å². The molecule has 2 aromatic heterocycles. The summed E-state index contributed by atoms with van der Waals surface area (Å²) in [5, 5.41) is 10.0. The van der Waals surface area contributed by atoms with Gasteiger partial charge >= 0.3 is 0 Å². The number of anilines is 1. The number of hydrogen-bond donors (Lipinski definition) is 2. The first-order valence-corrected chi connectivity index (χ1v) is 7.67. The van der Waals surface area contributed by atoms with Crippen LogP contribution in [0, 0.1) is 0 Å². The predicted molar refractivity (Wildman–Crippen MR) is 88.3 cm³/mol. The van der Waals surface area contributed by atoms with Gasteiger partial charge in [-0.15, -0.1) is 11.3 Å². The van der Waals surface area contributed by atoms with E-state index in [1.54, 1.807) is 25.3 Å². The number of H-pyrrole nitrogens is 1. The Balaban J connectivity index is 2.28. The average Bonchev–Trinajstić information content (AvgIpc) is 3.06. The highest BCUT2D eigenvalue weighted by molar-refractivity contribution is 7.14. The van der Waals surface area contributed by atoms with Crippen LogP contribution in [-0.4, -0.2) is 17.3 Å². The Kier molecular flexibility index (Phi) is 3.80. The molecule has 0 bridgehead atoms. The summed E-state index contributed by atoms with van der Waals surface area (Å²) in [5.74, 6) is 1.09. The third-order valence-electron chi connectivity index (χ3n) is 3.08. The molecule has 0 atom stereocenters. The summed E-state index contributed by atoms with van der Waals surface area (Å²) < 4.78 is 5.36. The molecule has 0 fully saturated rings. The van der Waals surface area contributed by atoms with Crippen LogP contribution in [0.1, 0.15) is 0 Å². The predicted octanol–water partition coefficient (Wildman–Crippen LogP) is 4.70. The van der Waals surface area contributed by atoms with Crippen molar-refractivity contribution >= 4 is 40.4 Å². The lowest BCUT2D eigenvalue weighted by Crippen LogP contribution is -1.91. The van der Waals surface area contributed by atoms with Crippen LogP contribution in [0.3, 0.4) is 0 Å².